The Kier molecular flexibility index (Phi) is 6.08. The number of hydrogen-bond acceptors (Lipinski definition) is 4. The fourth-order valence-electron chi connectivity index (χ4n) is 3.20. The first-order valence-electron chi connectivity index (χ1n) is 8.74. The van der Waals surface area contributed by atoms with Crippen LogP contribution >= 0.6 is 23.2 Å². The SMILES string of the molecule is CN(C)CCN1C(=O)C(=O)/C(=C(/O)c2ccccc2)[C@@H]1c1ccc(Cl)c(Cl)c1. The first-order valence-corrected chi connectivity index (χ1v) is 9.50. The third-order valence-electron chi connectivity index (χ3n) is 4.63. The Morgan fingerprint density at radius 1 is 1.07 bits per heavy atom. The molecule has 0 spiro atoms. The van der Waals surface area contributed by atoms with Crippen LogP contribution in [0.25, 0.3) is 5.76 Å². The highest BCUT2D eigenvalue weighted by molar-refractivity contribution is 6.46. The fourth-order valence-corrected chi connectivity index (χ4v) is 3.51. The molecular weight excluding hydrogens is 399 g/mol. The average Bonchev–Trinajstić information content (AvgIpc) is 2.93. The molecule has 1 heterocycles. The van der Waals surface area contributed by atoms with E-state index in [2.05, 4.69) is 0 Å². The third-order valence-corrected chi connectivity index (χ3v) is 5.37. The van der Waals surface area contributed by atoms with Crippen molar-refractivity contribution in [2.24, 2.45) is 0 Å². The van der Waals surface area contributed by atoms with Crippen molar-refractivity contribution >= 4 is 40.7 Å². The van der Waals surface area contributed by atoms with Crippen molar-refractivity contribution in [1.29, 1.82) is 0 Å². The lowest BCUT2D eigenvalue weighted by Crippen LogP contribution is -2.35. The number of carbonyl (C=O) groups is 2. The predicted molar refractivity (Wildman–Crippen MR) is 110 cm³/mol. The minimum atomic E-state index is -0.741. The highest BCUT2D eigenvalue weighted by Gasteiger charge is 2.46. The largest absolute Gasteiger partial charge is 0.507 e. The van der Waals surface area contributed by atoms with Crippen LogP contribution < -0.4 is 0 Å². The molecule has 2 aromatic carbocycles. The molecule has 1 aliphatic rings. The van der Waals surface area contributed by atoms with E-state index in [4.69, 9.17) is 23.2 Å². The summed E-state index contributed by atoms with van der Waals surface area (Å²) in [6.45, 7) is 0.893. The summed E-state index contributed by atoms with van der Waals surface area (Å²) in [7, 11) is 3.77. The maximum Gasteiger partial charge on any atom is 0.295 e. The van der Waals surface area contributed by atoms with Gasteiger partial charge in [0.15, 0.2) is 0 Å². The topological polar surface area (TPSA) is 60.9 Å². The van der Waals surface area contributed by atoms with Crippen molar-refractivity contribution in [1.82, 2.24) is 9.80 Å². The molecule has 5 nitrogen and oxygen atoms in total. The van der Waals surface area contributed by atoms with Crippen molar-refractivity contribution in [3.63, 3.8) is 0 Å². The highest BCUT2D eigenvalue weighted by Crippen LogP contribution is 2.40. The Bertz CT molecular complexity index is 942. The molecule has 1 saturated heterocycles. The summed E-state index contributed by atoms with van der Waals surface area (Å²) in [6, 6.07) is 12.9. The number of amides is 1. The standard InChI is InChI=1S/C21H20Cl2N2O3/c1-24(2)10-11-25-18(14-8-9-15(22)16(23)12-14)17(20(27)21(25)28)19(26)13-6-4-3-5-7-13/h3-9,12,18,26H,10-11H2,1-2H3/b19-17+/t18-/m0/s1. The van der Waals surface area contributed by atoms with E-state index < -0.39 is 17.7 Å². The molecule has 1 fully saturated rings. The Morgan fingerprint density at radius 3 is 2.36 bits per heavy atom. The van der Waals surface area contributed by atoms with Crippen molar-refractivity contribution in [2.45, 2.75) is 6.04 Å². The lowest BCUT2D eigenvalue weighted by Gasteiger charge is -2.26. The number of rotatable bonds is 5. The highest BCUT2D eigenvalue weighted by atomic mass is 35.5. The maximum atomic E-state index is 12.8. The van der Waals surface area contributed by atoms with E-state index in [-0.39, 0.29) is 11.3 Å². The van der Waals surface area contributed by atoms with Crippen molar-refractivity contribution < 1.29 is 14.7 Å². The van der Waals surface area contributed by atoms with Gasteiger partial charge in [0.1, 0.15) is 5.76 Å². The van der Waals surface area contributed by atoms with Gasteiger partial charge in [-0.2, -0.15) is 0 Å². The molecule has 28 heavy (non-hydrogen) atoms. The van der Waals surface area contributed by atoms with Crippen LogP contribution in [0.15, 0.2) is 54.1 Å². The summed E-state index contributed by atoms with van der Waals surface area (Å²) in [5.74, 6) is -1.56. The van der Waals surface area contributed by atoms with Gasteiger partial charge in [-0.05, 0) is 31.8 Å². The van der Waals surface area contributed by atoms with Crippen LogP contribution in [0.2, 0.25) is 10.0 Å². The van der Waals surface area contributed by atoms with Gasteiger partial charge in [-0.15, -0.1) is 0 Å². The first kappa shape index (κ1) is 20.4. The molecule has 3 rings (SSSR count). The van der Waals surface area contributed by atoms with Crippen LogP contribution in [0.5, 0.6) is 0 Å². The number of aliphatic hydroxyl groups is 1. The molecular formula is C21H20Cl2N2O3. The van der Waals surface area contributed by atoms with Crippen LogP contribution in [-0.2, 0) is 9.59 Å². The number of nitrogens with zero attached hydrogens (tertiary/aromatic N) is 2. The van der Waals surface area contributed by atoms with E-state index in [1.165, 1.54) is 4.90 Å². The number of carbonyl (C=O) groups excluding carboxylic acids is 2. The minimum Gasteiger partial charge on any atom is -0.507 e. The third kappa shape index (κ3) is 3.92. The van der Waals surface area contributed by atoms with Gasteiger partial charge >= 0.3 is 0 Å². The van der Waals surface area contributed by atoms with Gasteiger partial charge in [0.05, 0.1) is 21.7 Å². The summed E-state index contributed by atoms with van der Waals surface area (Å²) in [5, 5.41) is 11.6. The van der Waals surface area contributed by atoms with Gasteiger partial charge in [0.25, 0.3) is 11.7 Å². The molecule has 146 valence electrons. The molecule has 1 N–H and O–H groups in total. The molecule has 0 aliphatic carbocycles. The van der Waals surface area contributed by atoms with E-state index >= 15 is 0 Å². The van der Waals surface area contributed by atoms with E-state index in [0.717, 1.165) is 0 Å². The number of likely N-dealkylation sites (N-methyl/N-ethyl adjacent to an activating group) is 1. The minimum absolute atomic E-state index is 0.0494. The normalized spacial score (nSPS) is 18.9. The van der Waals surface area contributed by atoms with Gasteiger partial charge in [0, 0.05) is 18.7 Å². The zero-order chi connectivity index (χ0) is 20.4. The number of hydrogen-bond donors (Lipinski definition) is 1. The monoisotopic (exact) mass is 418 g/mol. The summed E-state index contributed by atoms with van der Waals surface area (Å²) in [5.41, 5.74) is 1.14. The molecule has 0 unspecified atom stereocenters. The van der Waals surface area contributed by atoms with Crippen LogP contribution in [0, 0.1) is 0 Å². The maximum absolute atomic E-state index is 12.8. The quantitative estimate of drug-likeness (QED) is 0.453. The van der Waals surface area contributed by atoms with Crippen molar-refractivity contribution in [3.05, 3.63) is 75.3 Å². The van der Waals surface area contributed by atoms with Crippen molar-refractivity contribution in [2.75, 3.05) is 27.2 Å². The molecule has 0 bridgehead atoms. The van der Waals surface area contributed by atoms with E-state index in [1.807, 2.05) is 25.1 Å². The predicted octanol–water partition coefficient (Wildman–Crippen LogP) is 3.98. The summed E-state index contributed by atoms with van der Waals surface area (Å²) in [6.07, 6.45) is 0. The molecule has 1 atom stereocenters. The van der Waals surface area contributed by atoms with Crippen molar-refractivity contribution in [3.8, 4) is 0 Å². The van der Waals surface area contributed by atoms with Gasteiger partial charge in [0.2, 0.25) is 0 Å². The van der Waals surface area contributed by atoms with Gasteiger partial charge in [-0.25, -0.2) is 0 Å². The summed E-state index contributed by atoms with van der Waals surface area (Å²) < 4.78 is 0. The molecule has 2 aromatic rings. The Labute approximate surface area is 173 Å². The number of aliphatic hydroxyl groups excluding tert-OH is 1. The van der Waals surface area contributed by atoms with Gasteiger partial charge in [-0.1, -0.05) is 59.6 Å². The number of ketones is 1. The van der Waals surface area contributed by atoms with E-state index in [0.29, 0.717) is 34.3 Å². The van der Waals surface area contributed by atoms with Gasteiger partial charge < -0.3 is 14.9 Å². The van der Waals surface area contributed by atoms with E-state index in [1.54, 1.807) is 42.5 Å². The van der Waals surface area contributed by atoms with Crippen LogP contribution in [0.3, 0.4) is 0 Å². The van der Waals surface area contributed by atoms with Crippen LogP contribution in [-0.4, -0.2) is 53.8 Å². The smallest absolute Gasteiger partial charge is 0.295 e. The van der Waals surface area contributed by atoms with Crippen LogP contribution in [0.1, 0.15) is 17.2 Å². The number of benzene rings is 2. The zero-order valence-corrected chi connectivity index (χ0v) is 17.0. The van der Waals surface area contributed by atoms with Crippen LogP contribution in [0.4, 0.5) is 0 Å². The number of Topliss-reactive ketones (excluding diaryl/α,β-unsaturated/α-hetero) is 1. The Hall–Kier alpha value is -2.34. The molecule has 0 radical (unpaired) electrons. The Morgan fingerprint density at radius 2 is 1.75 bits per heavy atom. The zero-order valence-electron chi connectivity index (χ0n) is 15.5. The first-order chi connectivity index (χ1) is 13.3. The second-order valence-electron chi connectivity index (χ2n) is 6.84. The molecule has 0 saturated carbocycles. The average molecular weight is 419 g/mol. The van der Waals surface area contributed by atoms with E-state index in [9.17, 15) is 14.7 Å². The lowest BCUT2D eigenvalue weighted by atomic mass is 9.95. The van der Waals surface area contributed by atoms with Gasteiger partial charge in [-0.3, -0.25) is 9.59 Å². The Balaban J connectivity index is 2.16. The molecule has 7 heteroatoms. The summed E-state index contributed by atoms with van der Waals surface area (Å²) >= 11 is 12.2. The molecule has 1 amide bonds. The number of halogens is 2. The fraction of sp³-hybridized carbons (Fsp3) is 0.238. The second kappa shape index (κ2) is 8.35. The molecule has 1 aliphatic heterocycles. The summed E-state index contributed by atoms with van der Waals surface area (Å²) in [4.78, 5) is 29.0. The number of likely N-dealkylation sites (tertiary alicyclic amines) is 1. The molecule has 0 aromatic heterocycles. The second-order valence-corrected chi connectivity index (χ2v) is 7.65. The lowest BCUT2D eigenvalue weighted by molar-refractivity contribution is -0.140.